The number of nitrogens with one attached hydrogen (secondary N) is 1. The van der Waals surface area contributed by atoms with Crippen LogP contribution < -0.4 is 5.32 Å². The van der Waals surface area contributed by atoms with Crippen molar-refractivity contribution in [2.24, 2.45) is 0 Å². The Hall–Kier alpha value is -1.88. The number of hydrogen-bond acceptors (Lipinski definition) is 3. The molecular weight excluding hydrogens is 268 g/mol. The van der Waals surface area contributed by atoms with Gasteiger partial charge in [0.15, 0.2) is 0 Å². The first kappa shape index (κ1) is 17.2. The fraction of sp³-hybridized carbons (Fsp3) is 0.500. The molecule has 0 aromatic heterocycles. The van der Waals surface area contributed by atoms with Crippen LogP contribution in [-0.2, 0) is 4.79 Å². The van der Waals surface area contributed by atoms with Gasteiger partial charge in [0.2, 0.25) is 5.91 Å². The Kier molecular flexibility index (Phi) is 5.90. The van der Waals surface area contributed by atoms with Crippen molar-refractivity contribution in [3.8, 4) is 0 Å². The topological polar surface area (TPSA) is 69.6 Å². The largest absolute Gasteiger partial charge is 0.389 e. The van der Waals surface area contributed by atoms with Gasteiger partial charge >= 0.3 is 0 Å². The van der Waals surface area contributed by atoms with E-state index in [9.17, 15) is 14.7 Å². The minimum absolute atomic E-state index is 0.0940. The lowest BCUT2D eigenvalue weighted by Crippen LogP contribution is -2.42. The monoisotopic (exact) mass is 292 g/mol. The molecule has 2 amide bonds. The normalized spacial score (nSPS) is 11.1. The summed E-state index contributed by atoms with van der Waals surface area (Å²) < 4.78 is 0. The number of carbonyl (C=O) groups is 2. The molecule has 0 heterocycles. The molecule has 0 bridgehead atoms. The maximum Gasteiger partial charge on any atom is 0.254 e. The standard InChI is InChI=1S/C16H24N2O3/c1-5-14(19)17-13-9-7-8-12(10-13)15(20)18(6-2)11-16(3,4)21/h7-10,21H,5-6,11H2,1-4H3,(H,17,19). The molecule has 5 heteroatoms. The van der Waals surface area contributed by atoms with Crippen molar-refractivity contribution in [3.05, 3.63) is 29.8 Å². The number of benzene rings is 1. The van der Waals surface area contributed by atoms with Gasteiger partial charge in [-0.2, -0.15) is 0 Å². The fourth-order valence-electron chi connectivity index (χ4n) is 1.96. The Labute approximate surface area is 126 Å². The molecule has 2 N–H and O–H groups in total. The summed E-state index contributed by atoms with van der Waals surface area (Å²) in [7, 11) is 0. The highest BCUT2D eigenvalue weighted by Crippen LogP contribution is 2.15. The number of rotatable bonds is 6. The molecule has 116 valence electrons. The predicted molar refractivity (Wildman–Crippen MR) is 83.2 cm³/mol. The van der Waals surface area contributed by atoms with Gasteiger partial charge in [0.1, 0.15) is 0 Å². The van der Waals surface area contributed by atoms with Crippen LogP contribution in [0.3, 0.4) is 0 Å². The van der Waals surface area contributed by atoms with Gasteiger partial charge in [-0.25, -0.2) is 0 Å². The SMILES string of the molecule is CCC(=O)Nc1cccc(C(=O)N(CC)CC(C)(C)O)c1. The average molecular weight is 292 g/mol. The van der Waals surface area contributed by atoms with Crippen molar-refractivity contribution >= 4 is 17.5 Å². The fourth-order valence-corrected chi connectivity index (χ4v) is 1.96. The van der Waals surface area contributed by atoms with E-state index in [1.54, 1.807) is 49.9 Å². The lowest BCUT2D eigenvalue weighted by Gasteiger charge is -2.28. The molecule has 0 saturated carbocycles. The molecule has 0 aliphatic heterocycles. The van der Waals surface area contributed by atoms with Crippen molar-refractivity contribution in [2.45, 2.75) is 39.7 Å². The Morgan fingerprint density at radius 1 is 1.29 bits per heavy atom. The Bertz CT molecular complexity index is 506. The van der Waals surface area contributed by atoms with Crippen LogP contribution in [0.25, 0.3) is 0 Å². The third-order valence-corrected chi connectivity index (χ3v) is 2.96. The molecule has 0 atom stereocenters. The smallest absolute Gasteiger partial charge is 0.254 e. The second-order valence-corrected chi connectivity index (χ2v) is 5.61. The second kappa shape index (κ2) is 7.22. The molecule has 1 rings (SSSR count). The van der Waals surface area contributed by atoms with E-state index in [2.05, 4.69) is 5.32 Å². The minimum atomic E-state index is -0.945. The number of aliphatic hydroxyl groups is 1. The molecule has 1 aromatic carbocycles. The van der Waals surface area contributed by atoms with Gasteiger partial charge in [0, 0.05) is 30.8 Å². The number of nitrogens with zero attached hydrogens (tertiary/aromatic N) is 1. The van der Waals surface area contributed by atoms with Crippen LogP contribution in [0, 0.1) is 0 Å². The lowest BCUT2D eigenvalue weighted by molar-refractivity contribution is -0.115. The van der Waals surface area contributed by atoms with E-state index in [0.717, 1.165) is 0 Å². The summed E-state index contributed by atoms with van der Waals surface area (Å²) in [6, 6.07) is 6.84. The molecule has 0 aliphatic rings. The van der Waals surface area contributed by atoms with E-state index >= 15 is 0 Å². The Morgan fingerprint density at radius 2 is 1.95 bits per heavy atom. The van der Waals surface area contributed by atoms with Crippen LogP contribution in [0.15, 0.2) is 24.3 Å². The van der Waals surface area contributed by atoms with E-state index in [1.165, 1.54) is 0 Å². The Balaban J connectivity index is 2.90. The van der Waals surface area contributed by atoms with E-state index in [-0.39, 0.29) is 18.4 Å². The number of anilines is 1. The van der Waals surface area contributed by atoms with Gasteiger partial charge in [-0.3, -0.25) is 9.59 Å². The highest BCUT2D eigenvalue weighted by atomic mass is 16.3. The van der Waals surface area contributed by atoms with Crippen molar-refractivity contribution < 1.29 is 14.7 Å². The zero-order valence-electron chi connectivity index (χ0n) is 13.1. The van der Waals surface area contributed by atoms with Gasteiger partial charge in [-0.15, -0.1) is 0 Å². The quantitative estimate of drug-likeness (QED) is 0.845. The third-order valence-electron chi connectivity index (χ3n) is 2.96. The van der Waals surface area contributed by atoms with Crippen LogP contribution in [0.1, 0.15) is 44.5 Å². The second-order valence-electron chi connectivity index (χ2n) is 5.61. The number of likely N-dealkylation sites (N-methyl/N-ethyl adjacent to an activating group) is 1. The molecule has 1 aromatic rings. The number of hydrogen-bond donors (Lipinski definition) is 2. The molecule has 0 fully saturated rings. The first-order valence-corrected chi connectivity index (χ1v) is 7.18. The zero-order chi connectivity index (χ0) is 16.0. The van der Waals surface area contributed by atoms with Crippen molar-refractivity contribution in [3.63, 3.8) is 0 Å². The van der Waals surface area contributed by atoms with E-state index in [4.69, 9.17) is 0 Å². The molecule has 0 spiro atoms. The molecule has 21 heavy (non-hydrogen) atoms. The molecule has 0 saturated heterocycles. The van der Waals surface area contributed by atoms with E-state index < -0.39 is 5.60 Å². The van der Waals surface area contributed by atoms with Crippen LogP contribution in [0.4, 0.5) is 5.69 Å². The zero-order valence-corrected chi connectivity index (χ0v) is 13.1. The van der Waals surface area contributed by atoms with Crippen molar-refractivity contribution in [1.29, 1.82) is 0 Å². The summed E-state index contributed by atoms with van der Waals surface area (Å²) in [5, 5.41) is 12.6. The maximum absolute atomic E-state index is 12.5. The van der Waals surface area contributed by atoms with E-state index in [0.29, 0.717) is 24.2 Å². The molecule has 0 radical (unpaired) electrons. The van der Waals surface area contributed by atoms with Gasteiger partial charge < -0.3 is 15.3 Å². The van der Waals surface area contributed by atoms with Crippen LogP contribution in [0.5, 0.6) is 0 Å². The molecule has 0 aliphatic carbocycles. The number of carbonyl (C=O) groups excluding carboxylic acids is 2. The van der Waals surface area contributed by atoms with Gasteiger partial charge in [-0.05, 0) is 39.0 Å². The van der Waals surface area contributed by atoms with Crippen molar-refractivity contribution in [1.82, 2.24) is 4.90 Å². The first-order chi connectivity index (χ1) is 9.76. The molecular formula is C16H24N2O3. The highest BCUT2D eigenvalue weighted by molar-refractivity contribution is 5.97. The summed E-state index contributed by atoms with van der Waals surface area (Å²) in [4.78, 5) is 25.4. The summed E-state index contributed by atoms with van der Waals surface area (Å²) in [6.07, 6.45) is 0.387. The van der Waals surface area contributed by atoms with Crippen molar-refractivity contribution in [2.75, 3.05) is 18.4 Å². The van der Waals surface area contributed by atoms with Crippen LogP contribution >= 0.6 is 0 Å². The summed E-state index contributed by atoms with van der Waals surface area (Å²) >= 11 is 0. The summed E-state index contributed by atoms with van der Waals surface area (Å²) in [5.74, 6) is -0.254. The number of amides is 2. The Morgan fingerprint density at radius 3 is 2.48 bits per heavy atom. The molecule has 5 nitrogen and oxygen atoms in total. The van der Waals surface area contributed by atoms with E-state index in [1.807, 2.05) is 6.92 Å². The van der Waals surface area contributed by atoms with Crippen LogP contribution in [-0.4, -0.2) is 40.5 Å². The molecule has 0 unspecified atom stereocenters. The van der Waals surface area contributed by atoms with Gasteiger partial charge in [0.25, 0.3) is 5.91 Å². The first-order valence-electron chi connectivity index (χ1n) is 7.18. The summed E-state index contributed by atoms with van der Waals surface area (Å²) in [5.41, 5.74) is 0.154. The van der Waals surface area contributed by atoms with Gasteiger partial charge in [0.05, 0.1) is 5.60 Å². The van der Waals surface area contributed by atoms with Crippen LogP contribution in [0.2, 0.25) is 0 Å². The minimum Gasteiger partial charge on any atom is -0.389 e. The van der Waals surface area contributed by atoms with Gasteiger partial charge in [-0.1, -0.05) is 13.0 Å². The lowest BCUT2D eigenvalue weighted by atomic mass is 10.1. The predicted octanol–water partition coefficient (Wildman–Crippen LogP) is 2.27. The highest BCUT2D eigenvalue weighted by Gasteiger charge is 2.22. The average Bonchev–Trinajstić information content (AvgIpc) is 2.43. The maximum atomic E-state index is 12.5. The third kappa shape index (κ3) is 5.55. The summed E-state index contributed by atoms with van der Waals surface area (Å²) in [6.45, 7) is 7.74.